The summed E-state index contributed by atoms with van der Waals surface area (Å²) in [5.74, 6) is 0.918. The van der Waals surface area contributed by atoms with Gasteiger partial charge in [0.25, 0.3) is 0 Å². The molecule has 0 spiro atoms. The van der Waals surface area contributed by atoms with Crippen LogP contribution in [0.15, 0.2) is 16.6 Å². The van der Waals surface area contributed by atoms with E-state index in [1.807, 2.05) is 12.1 Å². The molecule has 0 unspecified atom stereocenters. The summed E-state index contributed by atoms with van der Waals surface area (Å²) in [6.07, 6.45) is 1.19. The standard InChI is InChI=1S/C15H21BrClO2Si/c1-15(2,20(3)4)9-19-14-10(6-12-8-18-12)5-11(17)7-13(14)16/h5,7,12H,6,8-9H2,1-4H3/t12-/m1/s1. The number of epoxide rings is 1. The highest BCUT2D eigenvalue weighted by atomic mass is 79.9. The first-order valence-electron chi connectivity index (χ1n) is 6.82. The normalized spacial score (nSPS) is 18.4. The Balaban J connectivity index is 2.16. The second-order valence-electron chi connectivity index (χ2n) is 6.21. The maximum absolute atomic E-state index is 6.15. The molecule has 1 aromatic carbocycles. The maximum Gasteiger partial charge on any atom is 0.136 e. The lowest BCUT2D eigenvalue weighted by molar-refractivity contribution is 0.271. The van der Waals surface area contributed by atoms with Crippen LogP contribution in [0.4, 0.5) is 0 Å². The lowest BCUT2D eigenvalue weighted by Crippen LogP contribution is -2.28. The van der Waals surface area contributed by atoms with Crippen molar-refractivity contribution < 1.29 is 9.47 Å². The van der Waals surface area contributed by atoms with E-state index in [9.17, 15) is 0 Å². The largest absolute Gasteiger partial charge is 0.492 e. The number of hydrogen-bond donors (Lipinski definition) is 0. The number of hydrogen-bond acceptors (Lipinski definition) is 2. The molecule has 1 aromatic rings. The summed E-state index contributed by atoms with van der Waals surface area (Å²) in [5, 5.41) is 0.965. The van der Waals surface area contributed by atoms with Crippen molar-refractivity contribution in [2.75, 3.05) is 13.2 Å². The summed E-state index contributed by atoms with van der Waals surface area (Å²) in [6.45, 7) is 10.8. The molecular weight excluding hydrogens is 356 g/mol. The van der Waals surface area contributed by atoms with E-state index in [1.165, 1.54) is 0 Å². The van der Waals surface area contributed by atoms with Gasteiger partial charge in [0.1, 0.15) is 5.75 Å². The van der Waals surface area contributed by atoms with Gasteiger partial charge in [0.05, 0.1) is 32.6 Å². The molecule has 0 amide bonds. The zero-order valence-corrected chi connectivity index (χ0v) is 15.8. The average molecular weight is 377 g/mol. The molecular formula is C15H21BrClO2Si. The van der Waals surface area contributed by atoms with Crippen molar-refractivity contribution in [3.63, 3.8) is 0 Å². The summed E-state index contributed by atoms with van der Waals surface area (Å²) in [5.41, 5.74) is 1.13. The fraction of sp³-hybridized carbons (Fsp3) is 0.600. The highest BCUT2D eigenvalue weighted by Gasteiger charge is 2.28. The lowest BCUT2D eigenvalue weighted by atomic mass is 10.1. The molecule has 111 valence electrons. The van der Waals surface area contributed by atoms with E-state index in [-0.39, 0.29) is 5.04 Å². The second kappa shape index (κ2) is 6.38. The van der Waals surface area contributed by atoms with Crippen LogP contribution in [0.3, 0.4) is 0 Å². The molecule has 1 heterocycles. The minimum atomic E-state index is -0.415. The number of ether oxygens (including phenoxy) is 2. The van der Waals surface area contributed by atoms with E-state index >= 15 is 0 Å². The summed E-state index contributed by atoms with van der Waals surface area (Å²) in [6, 6.07) is 3.88. The molecule has 1 radical (unpaired) electrons. The Morgan fingerprint density at radius 3 is 2.65 bits per heavy atom. The van der Waals surface area contributed by atoms with Crippen LogP contribution < -0.4 is 4.74 Å². The Labute approximate surface area is 136 Å². The minimum absolute atomic E-state index is 0.233. The zero-order chi connectivity index (χ0) is 14.9. The van der Waals surface area contributed by atoms with Gasteiger partial charge in [0.2, 0.25) is 0 Å². The van der Waals surface area contributed by atoms with Crippen LogP contribution in [0.5, 0.6) is 5.75 Å². The summed E-state index contributed by atoms with van der Waals surface area (Å²) in [4.78, 5) is 0. The molecule has 5 heteroatoms. The van der Waals surface area contributed by atoms with E-state index in [2.05, 4.69) is 42.9 Å². The smallest absolute Gasteiger partial charge is 0.136 e. The molecule has 0 saturated carbocycles. The third kappa shape index (κ3) is 4.23. The van der Waals surface area contributed by atoms with Crippen LogP contribution in [-0.2, 0) is 11.2 Å². The van der Waals surface area contributed by atoms with Gasteiger partial charge in [-0.25, -0.2) is 0 Å². The highest BCUT2D eigenvalue weighted by molar-refractivity contribution is 9.10. The molecule has 0 aliphatic carbocycles. The minimum Gasteiger partial charge on any atom is -0.492 e. The molecule has 1 aliphatic heterocycles. The maximum atomic E-state index is 6.15. The predicted molar refractivity (Wildman–Crippen MR) is 89.6 cm³/mol. The Morgan fingerprint density at radius 2 is 2.10 bits per heavy atom. The quantitative estimate of drug-likeness (QED) is 0.517. The molecule has 1 fully saturated rings. The van der Waals surface area contributed by atoms with Gasteiger partial charge in [0, 0.05) is 11.4 Å². The van der Waals surface area contributed by atoms with Gasteiger partial charge in [-0.15, -0.1) is 0 Å². The highest BCUT2D eigenvalue weighted by Crippen LogP contribution is 2.37. The van der Waals surface area contributed by atoms with Gasteiger partial charge in [-0.05, 0) is 38.7 Å². The van der Waals surface area contributed by atoms with Crippen molar-refractivity contribution in [1.82, 2.24) is 0 Å². The van der Waals surface area contributed by atoms with Gasteiger partial charge in [-0.1, -0.05) is 38.5 Å². The van der Waals surface area contributed by atoms with Crippen LogP contribution in [-0.4, -0.2) is 28.1 Å². The Morgan fingerprint density at radius 1 is 1.45 bits per heavy atom. The topological polar surface area (TPSA) is 21.8 Å². The number of benzene rings is 1. The molecule has 20 heavy (non-hydrogen) atoms. The summed E-state index contributed by atoms with van der Waals surface area (Å²) in [7, 11) is -0.415. The first-order valence-corrected chi connectivity index (χ1v) is 10.5. The van der Waals surface area contributed by atoms with Crippen molar-refractivity contribution in [1.29, 1.82) is 0 Å². The van der Waals surface area contributed by atoms with E-state index in [0.29, 0.717) is 6.10 Å². The molecule has 2 rings (SSSR count). The number of rotatable bonds is 6. The zero-order valence-electron chi connectivity index (χ0n) is 12.4. The lowest BCUT2D eigenvalue weighted by Gasteiger charge is -2.28. The average Bonchev–Trinajstić information content (AvgIpc) is 3.11. The molecule has 0 bridgehead atoms. The molecule has 1 aliphatic rings. The van der Waals surface area contributed by atoms with Gasteiger partial charge in [0.15, 0.2) is 0 Å². The molecule has 0 N–H and O–H groups in total. The third-order valence-electron chi connectivity index (χ3n) is 3.87. The first kappa shape index (κ1) is 16.3. The Hall–Kier alpha value is -0.0331. The van der Waals surface area contributed by atoms with Crippen LogP contribution >= 0.6 is 27.5 Å². The van der Waals surface area contributed by atoms with Crippen molar-refractivity contribution in [3.05, 3.63) is 27.2 Å². The Kier molecular flexibility index (Phi) is 5.22. The van der Waals surface area contributed by atoms with Crippen molar-refractivity contribution >= 4 is 36.3 Å². The van der Waals surface area contributed by atoms with Crippen LogP contribution in [0.25, 0.3) is 0 Å². The van der Waals surface area contributed by atoms with Gasteiger partial charge >= 0.3 is 0 Å². The van der Waals surface area contributed by atoms with Gasteiger partial charge in [-0.3, -0.25) is 0 Å². The number of halogens is 2. The molecule has 2 nitrogen and oxygen atoms in total. The van der Waals surface area contributed by atoms with Crippen LogP contribution in [0, 0.1) is 0 Å². The van der Waals surface area contributed by atoms with Crippen LogP contribution in [0.2, 0.25) is 23.2 Å². The first-order chi connectivity index (χ1) is 9.29. The monoisotopic (exact) mass is 375 g/mol. The molecule has 1 saturated heterocycles. The van der Waals surface area contributed by atoms with Crippen molar-refractivity contribution in [2.45, 2.75) is 44.5 Å². The fourth-order valence-electron chi connectivity index (χ4n) is 1.76. The molecule has 1 atom stereocenters. The van der Waals surface area contributed by atoms with Gasteiger partial charge in [-0.2, -0.15) is 0 Å². The van der Waals surface area contributed by atoms with E-state index in [4.69, 9.17) is 21.1 Å². The van der Waals surface area contributed by atoms with E-state index < -0.39 is 8.80 Å². The SMILES string of the molecule is C[Si](C)C(C)(C)COc1c(Br)cc(Cl)cc1C[C@@H]1CO1. The van der Waals surface area contributed by atoms with Crippen LogP contribution in [0.1, 0.15) is 19.4 Å². The van der Waals surface area contributed by atoms with E-state index in [0.717, 1.165) is 40.4 Å². The predicted octanol–water partition coefficient (Wildman–Crippen LogP) is 4.96. The third-order valence-corrected chi connectivity index (χ3v) is 7.52. The molecule has 0 aromatic heterocycles. The fourth-order valence-corrected chi connectivity index (χ4v) is 3.10. The van der Waals surface area contributed by atoms with E-state index in [1.54, 1.807) is 0 Å². The summed E-state index contributed by atoms with van der Waals surface area (Å²) >= 11 is 9.72. The van der Waals surface area contributed by atoms with Crippen molar-refractivity contribution in [3.8, 4) is 5.75 Å². The van der Waals surface area contributed by atoms with Crippen molar-refractivity contribution in [2.24, 2.45) is 0 Å². The Bertz CT molecular complexity index is 487. The summed E-state index contributed by atoms with van der Waals surface area (Å²) < 4.78 is 12.4. The van der Waals surface area contributed by atoms with Gasteiger partial charge < -0.3 is 9.47 Å². The second-order valence-corrected chi connectivity index (χ2v) is 10.9.